The summed E-state index contributed by atoms with van der Waals surface area (Å²) in [6.45, 7) is 4.02. The largest absolute Gasteiger partial charge is 0.381 e. The Morgan fingerprint density at radius 2 is 1.85 bits per heavy atom. The molecular formula is C11H21NO. The molecule has 1 heterocycles. The molecule has 0 N–H and O–H groups in total. The van der Waals surface area contributed by atoms with Crippen LogP contribution in [-0.4, -0.2) is 37.7 Å². The molecule has 76 valence electrons. The third-order valence-electron chi connectivity index (χ3n) is 3.49. The van der Waals surface area contributed by atoms with Crippen LogP contribution in [0, 0.1) is 5.92 Å². The Balaban J connectivity index is 1.62. The van der Waals surface area contributed by atoms with Gasteiger partial charge in [0.1, 0.15) is 0 Å². The lowest BCUT2D eigenvalue weighted by atomic mass is 9.81. The highest BCUT2D eigenvalue weighted by Crippen LogP contribution is 2.30. The van der Waals surface area contributed by atoms with E-state index < -0.39 is 0 Å². The molecule has 2 aliphatic rings. The molecule has 0 atom stereocenters. The number of methoxy groups -OCH3 is 1. The van der Waals surface area contributed by atoms with Gasteiger partial charge >= 0.3 is 0 Å². The predicted molar refractivity (Wildman–Crippen MR) is 53.8 cm³/mol. The summed E-state index contributed by atoms with van der Waals surface area (Å²) >= 11 is 0. The van der Waals surface area contributed by atoms with Crippen molar-refractivity contribution in [1.29, 1.82) is 0 Å². The number of hydrogen-bond donors (Lipinski definition) is 0. The average Bonchev–Trinajstić information content (AvgIpc) is 2.12. The summed E-state index contributed by atoms with van der Waals surface area (Å²) in [5, 5.41) is 0. The monoisotopic (exact) mass is 183 g/mol. The predicted octanol–water partition coefficient (Wildman–Crippen LogP) is 1.90. The van der Waals surface area contributed by atoms with E-state index in [1.807, 2.05) is 7.11 Å². The number of nitrogens with zero attached hydrogens (tertiary/aromatic N) is 1. The van der Waals surface area contributed by atoms with Crippen molar-refractivity contribution < 1.29 is 4.74 Å². The highest BCUT2D eigenvalue weighted by atomic mass is 16.5. The molecule has 1 aliphatic heterocycles. The lowest BCUT2D eigenvalue weighted by Gasteiger charge is -2.38. The lowest BCUT2D eigenvalue weighted by Crippen LogP contribution is -2.41. The Morgan fingerprint density at radius 1 is 1.15 bits per heavy atom. The third kappa shape index (κ3) is 2.44. The maximum atomic E-state index is 5.29. The molecule has 1 aliphatic carbocycles. The van der Waals surface area contributed by atoms with Crippen molar-refractivity contribution in [3.05, 3.63) is 0 Å². The van der Waals surface area contributed by atoms with E-state index in [1.165, 1.54) is 51.7 Å². The minimum absolute atomic E-state index is 0.579. The summed E-state index contributed by atoms with van der Waals surface area (Å²) in [6, 6.07) is 0. The van der Waals surface area contributed by atoms with Crippen LogP contribution in [0.2, 0.25) is 0 Å². The van der Waals surface area contributed by atoms with Crippen LogP contribution in [0.5, 0.6) is 0 Å². The number of rotatable bonds is 3. The molecule has 2 fully saturated rings. The van der Waals surface area contributed by atoms with Crippen LogP contribution >= 0.6 is 0 Å². The summed E-state index contributed by atoms with van der Waals surface area (Å²) in [5.74, 6) is 0.933. The molecule has 0 bridgehead atoms. The van der Waals surface area contributed by atoms with E-state index in [-0.39, 0.29) is 0 Å². The molecule has 0 amide bonds. The Labute approximate surface area is 81.3 Å². The molecule has 0 spiro atoms. The van der Waals surface area contributed by atoms with Crippen LogP contribution in [-0.2, 0) is 4.74 Å². The van der Waals surface area contributed by atoms with Crippen LogP contribution in [0.4, 0.5) is 0 Å². The Morgan fingerprint density at radius 3 is 2.46 bits per heavy atom. The van der Waals surface area contributed by atoms with Crippen LogP contribution in [0.3, 0.4) is 0 Å². The zero-order valence-corrected chi connectivity index (χ0v) is 8.67. The molecular weight excluding hydrogens is 162 g/mol. The van der Waals surface area contributed by atoms with Gasteiger partial charge in [0, 0.05) is 13.7 Å². The Kier molecular flexibility index (Phi) is 3.23. The normalized spacial score (nSPS) is 35.8. The average molecular weight is 183 g/mol. The fourth-order valence-electron chi connectivity index (χ4n) is 2.52. The van der Waals surface area contributed by atoms with Crippen molar-refractivity contribution >= 4 is 0 Å². The standard InChI is InChI=1S/C11H21NO/c1-13-11-7-10(8-11)9-12-5-3-2-4-6-12/h10-11H,2-9H2,1H3. The summed E-state index contributed by atoms with van der Waals surface area (Å²) < 4.78 is 5.29. The summed E-state index contributed by atoms with van der Waals surface area (Å²) in [4.78, 5) is 2.64. The van der Waals surface area contributed by atoms with E-state index in [9.17, 15) is 0 Å². The van der Waals surface area contributed by atoms with Gasteiger partial charge in [0.05, 0.1) is 6.10 Å². The molecule has 0 aromatic heterocycles. The van der Waals surface area contributed by atoms with Crippen molar-refractivity contribution in [2.24, 2.45) is 5.92 Å². The zero-order valence-electron chi connectivity index (χ0n) is 8.67. The topological polar surface area (TPSA) is 12.5 Å². The zero-order chi connectivity index (χ0) is 9.10. The van der Waals surface area contributed by atoms with Gasteiger partial charge in [-0.3, -0.25) is 0 Å². The minimum Gasteiger partial charge on any atom is -0.381 e. The molecule has 1 saturated carbocycles. The molecule has 0 aromatic carbocycles. The van der Waals surface area contributed by atoms with Crippen molar-refractivity contribution in [2.75, 3.05) is 26.7 Å². The molecule has 0 unspecified atom stereocenters. The van der Waals surface area contributed by atoms with E-state index >= 15 is 0 Å². The van der Waals surface area contributed by atoms with Gasteiger partial charge in [-0.25, -0.2) is 0 Å². The fourth-order valence-corrected chi connectivity index (χ4v) is 2.52. The van der Waals surface area contributed by atoms with E-state index in [0.29, 0.717) is 6.10 Å². The smallest absolute Gasteiger partial charge is 0.0577 e. The van der Waals surface area contributed by atoms with Crippen molar-refractivity contribution in [1.82, 2.24) is 4.90 Å². The van der Waals surface area contributed by atoms with Crippen molar-refractivity contribution in [3.63, 3.8) is 0 Å². The second-order valence-corrected chi connectivity index (χ2v) is 4.56. The first-order chi connectivity index (χ1) is 6.38. The molecule has 2 nitrogen and oxygen atoms in total. The maximum Gasteiger partial charge on any atom is 0.0577 e. The summed E-state index contributed by atoms with van der Waals surface area (Å²) in [7, 11) is 1.84. The maximum absolute atomic E-state index is 5.29. The quantitative estimate of drug-likeness (QED) is 0.662. The molecule has 2 heteroatoms. The second-order valence-electron chi connectivity index (χ2n) is 4.56. The van der Waals surface area contributed by atoms with Gasteiger partial charge in [0.15, 0.2) is 0 Å². The molecule has 0 aromatic rings. The van der Waals surface area contributed by atoms with Crippen LogP contribution in [0.1, 0.15) is 32.1 Å². The molecule has 1 saturated heterocycles. The van der Waals surface area contributed by atoms with Gasteiger partial charge < -0.3 is 9.64 Å². The fraction of sp³-hybridized carbons (Fsp3) is 1.00. The van der Waals surface area contributed by atoms with Gasteiger partial charge in [-0.05, 0) is 44.7 Å². The van der Waals surface area contributed by atoms with Crippen LogP contribution < -0.4 is 0 Å². The number of piperidine rings is 1. The van der Waals surface area contributed by atoms with E-state index in [1.54, 1.807) is 0 Å². The molecule has 0 radical (unpaired) electrons. The van der Waals surface area contributed by atoms with Gasteiger partial charge in [-0.2, -0.15) is 0 Å². The van der Waals surface area contributed by atoms with E-state index in [2.05, 4.69) is 4.90 Å². The van der Waals surface area contributed by atoms with Gasteiger partial charge in [0.25, 0.3) is 0 Å². The van der Waals surface area contributed by atoms with E-state index in [0.717, 1.165) is 5.92 Å². The SMILES string of the molecule is COC1CC(CN2CCCCC2)C1. The van der Waals surface area contributed by atoms with Crippen molar-refractivity contribution in [3.8, 4) is 0 Å². The molecule has 2 rings (SSSR count). The Hall–Kier alpha value is -0.0800. The van der Waals surface area contributed by atoms with Crippen molar-refractivity contribution in [2.45, 2.75) is 38.2 Å². The highest BCUT2D eigenvalue weighted by molar-refractivity contribution is 4.83. The first-order valence-corrected chi connectivity index (χ1v) is 5.63. The second kappa shape index (κ2) is 4.43. The number of likely N-dealkylation sites (tertiary alicyclic amines) is 1. The van der Waals surface area contributed by atoms with Gasteiger partial charge in [0.2, 0.25) is 0 Å². The molecule has 13 heavy (non-hydrogen) atoms. The van der Waals surface area contributed by atoms with Crippen LogP contribution in [0.25, 0.3) is 0 Å². The number of ether oxygens (including phenoxy) is 1. The minimum atomic E-state index is 0.579. The summed E-state index contributed by atoms with van der Waals surface area (Å²) in [5.41, 5.74) is 0. The first kappa shape index (κ1) is 9.47. The third-order valence-corrected chi connectivity index (χ3v) is 3.49. The van der Waals surface area contributed by atoms with Gasteiger partial charge in [-0.1, -0.05) is 6.42 Å². The van der Waals surface area contributed by atoms with Crippen LogP contribution in [0.15, 0.2) is 0 Å². The number of hydrogen-bond acceptors (Lipinski definition) is 2. The first-order valence-electron chi connectivity index (χ1n) is 5.63. The lowest BCUT2D eigenvalue weighted by molar-refractivity contribution is -0.0125. The highest BCUT2D eigenvalue weighted by Gasteiger charge is 2.30. The Bertz CT molecular complexity index is 148. The summed E-state index contributed by atoms with van der Waals surface area (Å²) in [6.07, 6.45) is 7.46. The van der Waals surface area contributed by atoms with Gasteiger partial charge in [-0.15, -0.1) is 0 Å². The van der Waals surface area contributed by atoms with E-state index in [4.69, 9.17) is 4.74 Å².